The highest BCUT2D eigenvalue weighted by molar-refractivity contribution is 5.68. The number of hydrogen-bond acceptors (Lipinski definition) is 4. The van der Waals surface area contributed by atoms with Gasteiger partial charge < -0.3 is 19.8 Å². The Morgan fingerprint density at radius 1 is 1.35 bits per heavy atom. The van der Waals surface area contributed by atoms with Crippen molar-refractivity contribution in [1.29, 1.82) is 0 Å². The summed E-state index contributed by atoms with van der Waals surface area (Å²) in [5.74, 6) is 0. The van der Waals surface area contributed by atoms with Gasteiger partial charge in [-0.3, -0.25) is 0 Å². The summed E-state index contributed by atoms with van der Waals surface area (Å²) in [6.07, 6.45) is 1.51. The molecule has 5 nitrogen and oxygen atoms in total. The number of carbonyl (C=O) groups excluding carboxylic acids is 1. The number of aliphatic hydroxyl groups excluding tert-OH is 2. The maximum Gasteiger partial charge on any atom is 0.410 e. The van der Waals surface area contributed by atoms with Crippen LogP contribution in [-0.4, -0.2) is 46.0 Å². The maximum atomic E-state index is 11.6. The fourth-order valence-electron chi connectivity index (χ4n) is 2.40. The Balaban J connectivity index is 0.000000253. The number of likely N-dealkylation sites (tertiary alicyclic amines) is 1. The highest BCUT2D eigenvalue weighted by atomic mass is 16.6. The molecule has 1 atom stereocenters. The largest absolute Gasteiger partial charge is 0.444 e. The second-order valence-electron chi connectivity index (χ2n) is 6.80. The monoisotopic (exact) mass is 323 g/mol. The minimum absolute atomic E-state index is 0.0270. The predicted molar refractivity (Wildman–Crippen MR) is 90.1 cm³/mol. The summed E-state index contributed by atoms with van der Waals surface area (Å²) in [6, 6.07) is 7.79. The Labute approximate surface area is 138 Å². The SMILES string of the molecule is CC(C)(C)OC(=O)N1CCC[C@H]1CO.Cc1cccc(CO)c1. The van der Waals surface area contributed by atoms with E-state index < -0.39 is 5.60 Å². The molecule has 0 unspecified atom stereocenters. The fourth-order valence-corrected chi connectivity index (χ4v) is 2.40. The number of carbonyl (C=O) groups is 1. The summed E-state index contributed by atoms with van der Waals surface area (Å²) in [5, 5.41) is 17.7. The molecule has 1 aliphatic rings. The standard InChI is InChI=1S/C10H19NO3.C8H10O/c1-10(2,3)14-9(13)11-6-4-5-8(11)7-12;1-7-3-2-4-8(5-7)6-9/h8,12H,4-7H2,1-3H3;2-5,9H,6H2,1H3/t8-;/m0./s1. The molecule has 1 fully saturated rings. The molecule has 1 aliphatic heterocycles. The van der Waals surface area contributed by atoms with Gasteiger partial charge in [0.25, 0.3) is 0 Å². The number of hydrogen-bond donors (Lipinski definition) is 2. The first-order valence-corrected chi connectivity index (χ1v) is 8.03. The highest BCUT2D eigenvalue weighted by Crippen LogP contribution is 2.20. The number of aryl methyl sites for hydroxylation is 1. The van der Waals surface area contributed by atoms with E-state index in [0.717, 1.165) is 18.4 Å². The van der Waals surface area contributed by atoms with E-state index in [-0.39, 0.29) is 25.3 Å². The van der Waals surface area contributed by atoms with Crippen LogP contribution in [-0.2, 0) is 11.3 Å². The number of aliphatic hydroxyl groups is 2. The molecule has 0 aliphatic carbocycles. The molecule has 1 heterocycles. The van der Waals surface area contributed by atoms with Crippen LogP contribution < -0.4 is 0 Å². The summed E-state index contributed by atoms with van der Waals surface area (Å²) in [5.41, 5.74) is 1.72. The van der Waals surface area contributed by atoms with Crippen LogP contribution >= 0.6 is 0 Å². The fraction of sp³-hybridized carbons (Fsp3) is 0.611. The molecule has 0 bridgehead atoms. The highest BCUT2D eigenvalue weighted by Gasteiger charge is 2.31. The van der Waals surface area contributed by atoms with Gasteiger partial charge in [-0.25, -0.2) is 4.79 Å². The number of benzene rings is 1. The Morgan fingerprint density at radius 2 is 2.04 bits per heavy atom. The van der Waals surface area contributed by atoms with Gasteiger partial charge in [0, 0.05) is 6.54 Å². The molecule has 2 N–H and O–H groups in total. The van der Waals surface area contributed by atoms with E-state index >= 15 is 0 Å². The van der Waals surface area contributed by atoms with E-state index in [1.807, 2.05) is 52.0 Å². The Hall–Kier alpha value is -1.59. The quantitative estimate of drug-likeness (QED) is 0.878. The van der Waals surface area contributed by atoms with Gasteiger partial charge >= 0.3 is 6.09 Å². The van der Waals surface area contributed by atoms with Gasteiger partial charge in [-0.1, -0.05) is 29.8 Å². The molecule has 0 saturated carbocycles. The zero-order chi connectivity index (χ0) is 17.5. The van der Waals surface area contributed by atoms with E-state index in [1.165, 1.54) is 5.56 Å². The van der Waals surface area contributed by atoms with Gasteiger partial charge in [-0.2, -0.15) is 0 Å². The molecule has 0 spiro atoms. The summed E-state index contributed by atoms with van der Waals surface area (Å²) >= 11 is 0. The van der Waals surface area contributed by atoms with Gasteiger partial charge in [-0.15, -0.1) is 0 Å². The molecule has 1 saturated heterocycles. The van der Waals surface area contributed by atoms with Crippen molar-refractivity contribution < 1.29 is 19.7 Å². The lowest BCUT2D eigenvalue weighted by Crippen LogP contribution is -2.41. The zero-order valence-electron chi connectivity index (χ0n) is 14.6. The average Bonchev–Trinajstić information content (AvgIpc) is 2.94. The van der Waals surface area contributed by atoms with Crippen molar-refractivity contribution in [1.82, 2.24) is 4.90 Å². The summed E-state index contributed by atoms with van der Waals surface area (Å²) < 4.78 is 5.23. The third kappa shape index (κ3) is 7.01. The van der Waals surface area contributed by atoms with Gasteiger partial charge in [0.15, 0.2) is 0 Å². The second-order valence-corrected chi connectivity index (χ2v) is 6.80. The van der Waals surface area contributed by atoms with Crippen molar-refractivity contribution in [3.8, 4) is 0 Å². The van der Waals surface area contributed by atoms with Crippen LogP contribution in [0.5, 0.6) is 0 Å². The van der Waals surface area contributed by atoms with Crippen molar-refractivity contribution in [2.24, 2.45) is 0 Å². The molecule has 0 aromatic heterocycles. The van der Waals surface area contributed by atoms with E-state index in [4.69, 9.17) is 14.9 Å². The van der Waals surface area contributed by atoms with Gasteiger partial charge in [0.1, 0.15) is 5.60 Å². The second kappa shape index (κ2) is 8.89. The molecular formula is C18H29NO4. The van der Waals surface area contributed by atoms with Gasteiger partial charge in [-0.05, 0) is 46.1 Å². The van der Waals surface area contributed by atoms with E-state index in [2.05, 4.69) is 0 Å². The smallest absolute Gasteiger partial charge is 0.410 e. The molecular weight excluding hydrogens is 294 g/mol. The molecule has 23 heavy (non-hydrogen) atoms. The Bertz CT molecular complexity index is 496. The predicted octanol–water partition coefficient (Wildman–Crippen LogP) is 2.87. The lowest BCUT2D eigenvalue weighted by Gasteiger charge is -2.27. The molecule has 5 heteroatoms. The van der Waals surface area contributed by atoms with Crippen molar-refractivity contribution in [2.45, 2.75) is 58.8 Å². The topological polar surface area (TPSA) is 70.0 Å². The first-order chi connectivity index (χ1) is 10.8. The molecule has 1 amide bonds. The zero-order valence-corrected chi connectivity index (χ0v) is 14.6. The molecule has 1 aromatic carbocycles. The normalized spacial score (nSPS) is 17.5. The van der Waals surface area contributed by atoms with Crippen molar-refractivity contribution in [2.75, 3.05) is 13.2 Å². The van der Waals surface area contributed by atoms with E-state index in [0.29, 0.717) is 6.54 Å². The van der Waals surface area contributed by atoms with Crippen molar-refractivity contribution in [3.63, 3.8) is 0 Å². The first-order valence-electron chi connectivity index (χ1n) is 8.03. The lowest BCUT2D eigenvalue weighted by molar-refractivity contribution is 0.0176. The number of nitrogens with zero attached hydrogens (tertiary/aromatic N) is 1. The number of ether oxygens (including phenoxy) is 1. The Kier molecular flexibility index (Phi) is 7.52. The molecule has 1 aromatic rings. The Morgan fingerprint density at radius 3 is 2.52 bits per heavy atom. The van der Waals surface area contributed by atoms with Crippen LogP contribution in [0.15, 0.2) is 24.3 Å². The third-order valence-electron chi connectivity index (χ3n) is 3.48. The maximum absolute atomic E-state index is 11.6. The van der Waals surface area contributed by atoms with Crippen molar-refractivity contribution >= 4 is 6.09 Å². The van der Waals surface area contributed by atoms with Crippen LogP contribution in [0.3, 0.4) is 0 Å². The number of rotatable bonds is 2. The van der Waals surface area contributed by atoms with Crippen molar-refractivity contribution in [3.05, 3.63) is 35.4 Å². The van der Waals surface area contributed by atoms with Crippen LogP contribution in [0, 0.1) is 6.92 Å². The third-order valence-corrected chi connectivity index (χ3v) is 3.48. The van der Waals surface area contributed by atoms with Crippen LogP contribution in [0.1, 0.15) is 44.7 Å². The van der Waals surface area contributed by atoms with E-state index in [1.54, 1.807) is 4.90 Å². The molecule has 0 radical (unpaired) electrons. The van der Waals surface area contributed by atoms with Crippen LogP contribution in [0.25, 0.3) is 0 Å². The number of amides is 1. The van der Waals surface area contributed by atoms with Crippen LogP contribution in [0.4, 0.5) is 4.79 Å². The minimum Gasteiger partial charge on any atom is -0.444 e. The molecule has 2 rings (SSSR count). The van der Waals surface area contributed by atoms with E-state index in [9.17, 15) is 4.79 Å². The minimum atomic E-state index is -0.459. The van der Waals surface area contributed by atoms with Crippen LogP contribution in [0.2, 0.25) is 0 Å². The van der Waals surface area contributed by atoms with Gasteiger partial charge in [0.05, 0.1) is 19.3 Å². The summed E-state index contributed by atoms with van der Waals surface area (Å²) in [4.78, 5) is 13.2. The average molecular weight is 323 g/mol. The summed E-state index contributed by atoms with van der Waals surface area (Å²) in [7, 11) is 0. The lowest BCUT2D eigenvalue weighted by atomic mass is 10.1. The summed E-state index contributed by atoms with van der Waals surface area (Å²) in [6.45, 7) is 8.40. The van der Waals surface area contributed by atoms with Gasteiger partial charge in [0.2, 0.25) is 0 Å². The molecule has 130 valence electrons. The first kappa shape index (κ1) is 19.5.